The van der Waals surface area contributed by atoms with Crippen LogP contribution in [0.3, 0.4) is 0 Å². The first kappa shape index (κ1) is 9.20. The van der Waals surface area contributed by atoms with Gasteiger partial charge < -0.3 is 10.2 Å². The lowest BCUT2D eigenvalue weighted by Crippen LogP contribution is -2.01. The van der Waals surface area contributed by atoms with Crippen LogP contribution in [0.1, 0.15) is 16.1 Å². The molecule has 3 N–H and O–H groups in total. The van der Waals surface area contributed by atoms with Gasteiger partial charge in [-0.15, -0.1) is 0 Å². The van der Waals surface area contributed by atoms with E-state index in [1.807, 2.05) is 0 Å². The molecule has 76 valence electrons. The fourth-order valence-electron chi connectivity index (χ4n) is 1.16. The van der Waals surface area contributed by atoms with Crippen molar-refractivity contribution in [3.05, 3.63) is 35.7 Å². The van der Waals surface area contributed by atoms with Gasteiger partial charge in [0, 0.05) is 6.07 Å². The molecule has 1 aromatic heterocycles. The third-order valence-electron chi connectivity index (χ3n) is 1.87. The Hall–Kier alpha value is -2.37. The van der Waals surface area contributed by atoms with Gasteiger partial charge in [0.05, 0.1) is 11.8 Å². The number of nitrogens with zero attached hydrogens (tertiary/aromatic N) is 2. The minimum atomic E-state index is -0.457. The fraction of sp³-hybridized carbons (Fsp3) is 0. The van der Waals surface area contributed by atoms with E-state index in [1.54, 1.807) is 0 Å². The monoisotopic (exact) mass is 205 g/mol. The largest absolute Gasteiger partial charge is 0.508 e. The Balaban J connectivity index is 2.42. The number of phenolic OH excluding ortho intramolecular Hbond substituents is 2. The molecule has 0 saturated heterocycles. The third kappa shape index (κ3) is 1.64. The highest BCUT2D eigenvalue weighted by molar-refractivity contribution is 6.09. The van der Waals surface area contributed by atoms with Gasteiger partial charge in [0.25, 0.3) is 0 Å². The molecule has 2 aromatic rings. The second kappa shape index (κ2) is 3.41. The summed E-state index contributed by atoms with van der Waals surface area (Å²) < 4.78 is 0. The molecule has 6 heteroatoms. The maximum atomic E-state index is 11.7. The van der Waals surface area contributed by atoms with E-state index in [9.17, 15) is 9.90 Å². The predicted molar refractivity (Wildman–Crippen MR) is 49.6 cm³/mol. The van der Waals surface area contributed by atoms with E-state index in [-0.39, 0.29) is 22.8 Å². The topological polar surface area (TPSA) is 99.1 Å². The van der Waals surface area contributed by atoms with Crippen LogP contribution in [0.2, 0.25) is 0 Å². The van der Waals surface area contributed by atoms with Crippen molar-refractivity contribution in [2.75, 3.05) is 0 Å². The molecule has 1 aromatic carbocycles. The Morgan fingerprint density at radius 2 is 2.13 bits per heavy atom. The number of aromatic hydroxyl groups is 2. The molecule has 0 atom stereocenters. The zero-order chi connectivity index (χ0) is 10.8. The maximum Gasteiger partial charge on any atom is 0.218 e. The second-order valence-corrected chi connectivity index (χ2v) is 2.89. The Bertz CT molecular complexity index is 493. The molecule has 0 unspecified atom stereocenters. The number of hydrogen-bond acceptors (Lipinski definition) is 5. The number of aromatic amines is 1. The molecule has 2 rings (SSSR count). The molecule has 0 aliphatic carbocycles. The molecule has 0 bridgehead atoms. The van der Waals surface area contributed by atoms with Gasteiger partial charge in [0.15, 0.2) is 5.69 Å². The smallest absolute Gasteiger partial charge is 0.218 e. The van der Waals surface area contributed by atoms with E-state index in [2.05, 4.69) is 15.4 Å². The van der Waals surface area contributed by atoms with Crippen molar-refractivity contribution < 1.29 is 15.0 Å². The zero-order valence-corrected chi connectivity index (χ0v) is 7.51. The molecule has 0 spiro atoms. The first-order chi connectivity index (χ1) is 7.18. The van der Waals surface area contributed by atoms with E-state index in [0.29, 0.717) is 0 Å². The van der Waals surface area contributed by atoms with E-state index < -0.39 is 5.78 Å². The van der Waals surface area contributed by atoms with Crippen LogP contribution in [-0.2, 0) is 0 Å². The SMILES string of the molecule is O=C(c1cn[nH]n1)c1ccc(O)cc1O. The fourth-order valence-corrected chi connectivity index (χ4v) is 1.16. The van der Waals surface area contributed by atoms with Crippen molar-refractivity contribution >= 4 is 5.78 Å². The molecule has 0 amide bonds. The van der Waals surface area contributed by atoms with Crippen molar-refractivity contribution in [3.8, 4) is 11.5 Å². The lowest BCUT2D eigenvalue weighted by molar-refractivity contribution is 0.103. The maximum absolute atomic E-state index is 11.7. The Kier molecular flexibility index (Phi) is 2.09. The Labute approximate surface area is 84.2 Å². The van der Waals surface area contributed by atoms with Crippen molar-refractivity contribution in [2.45, 2.75) is 0 Å². The predicted octanol–water partition coefficient (Wildman–Crippen LogP) is 0.447. The lowest BCUT2D eigenvalue weighted by atomic mass is 10.1. The summed E-state index contributed by atoms with van der Waals surface area (Å²) in [4.78, 5) is 11.7. The van der Waals surface area contributed by atoms with Crippen LogP contribution in [-0.4, -0.2) is 31.4 Å². The first-order valence-corrected chi connectivity index (χ1v) is 4.11. The van der Waals surface area contributed by atoms with Crippen LogP contribution in [0, 0.1) is 0 Å². The summed E-state index contributed by atoms with van der Waals surface area (Å²) in [5.74, 6) is -0.853. The van der Waals surface area contributed by atoms with E-state index >= 15 is 0 Å². The molecular weight excluding hydrogens is 198 g/mol. The highest BCUT2D eigenvalue weighted by Crippen LogP contribution is 2.24. The van der Waals surface area contributed by atoms with Gasteiger partial charge in [0.1, 0.15) is 11.5 Å². The number of aromatic nitrogens is 3. The van der Waals surface area contributed by atoms with E-state index in [0.717, 1.165) is 6.07 Å². The normalized spacial score (nSPS) is 10.1. The number of benzene rings is 1. The van der Waals surface area contributed by atoms with Crippen molar-refractivity contribution in [2.24, 2.45) is 0 Å². The third-order valence-corrected chi connectivity index (χ3v) is 1.87. The number of nitrogens with one attached hydrogen (secondary N) is 1. The van der Waals surface area contributed by atoms with Crippen LogP contribution in [0.25, 0.3) is 0 Å². The summed E-state index contributed by atoms with van der Waals surface area (Å²) in [5, 5.41) is 27.8. The number of hydrogen-bond donors (Lipinski definition) is 3. The minimum Gasteiger partial charge on any atom is -0.508 e. The molecule has 15 heavy (non-hydrogen) atoms. The molecule has 0 aliphatic heterocycles. The summed E-state index contributed by atoms with van der Waals surface area (Å²) in [5.41, 5.74) is 0.178. The minimum absolute atomic E-state index is 0.0710. The number of carbonyl (C=O) groups excluding carboxylic acids is 1. The standard InChI is InChI=1S/C9H7N3O3/c13-5-1-2-6(8(14)3-5)9(15)7-4-10-12-11-7/h1-4,13-14H,(H,10,11,12). The Morgan fingerprint density at radius 3 is 2.73 bits per heavy atom. The summed E-state index contributed by atoms with van der Waals surface area (Å²) in [6.45, 7) is 0. The summed E-state index contributed by atoms with van der Waals surface area (Å²) in [7, 11) is 0. The van der Waals surface area contributed by atoms with E-state index in [1.165, 1.54) is 18.3 Å². The molecular formula is C9H7N3O3. The van der Waals surface area contributed by atoms with Crippen LogP contribution in [0.15, 0.2) is 24.4 Å². The van der Waals surface area contributed by atoms with Gasteiger partial charge in [-0.25, -0.2) is 0 Å². The molecule has 6 nitrogen and oxygen atoms in total. The van der Waals surface area contributed by atoms with Gasteiger partial charge >= 0.3 is 0 Å². The van der Waals surface area contributed by atoms with Crippen LogP contribution in [0.5, 0.6) is 11.5 Å². The highest BCUT2D eigenvalue weighted by Gasteiger charge is 2.15. The van der Waals surface area contributed by atoms with Crippen molar-refractivity contribution in [1.29, 1.82) is 0 Å². The Morgan fingerprint density at radius 1 is 1.33 bits per heavy atom. The van der Waals surface area contributed by atoms with Gasteiger partial charge in [-0.2, -0.15) is 15.4 Å². The molecule has 0 aliphatic rings. The van der Waals surface area contributed by atoms with Gasteiger partial charge in [-0.3, -0.25) is 4.79 Å². The quantitative estimate of drug-likeness (QED) is 0.618. The number of carbonyl (C=O) groups is 1. The average Bonchev–Trinajstić information content (AvgIpc) is 2.69. The van der Waals surface area contributed by atoms with Gasteiger partial charge in [0.2, 0.25) is 5.78 Å². The van der Waals surface area contributed by atoms with Crippen molar-refractivity contribution in [3.63, 3.8) is 0 Å². The van der Waals surface area contributed by atoms with Crippen LogP contribution >= 0.6 is 0 Å². The van der Waals surface area contributed by atoms with Gasteiger partial charge in [-0.1, -0.05) is 0 Å². The number of phenols is 2. The van der Waals surface area contributed by atoms with Crippen LogP contribution < -0.4 is 0 Å². The van der Waals surface area contributed by atoms with Crippen LogP contribution in [0.4, 0.5) is 0 Å². The summed E-state index contributed by atoms with van der Waals surface area (Å²) in [6, 6.07) is 3.72. The second-order valence-electron chi connectivity index (χ2n) is 2.89. The summed E-state index contributed by atoms with van der Waals surface area (Å²) >= 11 is 0. The number of rotatable bonds is 2. The van der Waals surface area contributed by atoms with Crippen molar-refractivity contribution in [1.82, 2.24) is 15.4 Å². The number of ketones is 1. The first-order valence-electron chi connectivity index (χ1n) is 4.11. The average molecular weight is 205 g/mol. The highest BCUT2D eigenvalue weighted by atomic mass is 16.3. The summed E-state index contributed by atoms with van der Waals surface area (Å²) in [6.07, 6.45) is 1.26. The molecule has 0 radical (unpaired) electrons. The number of H-pyrrole nitrogens is 1. The lowest BCUT2D eigenvalue weighted by Gasteiger charge is -2.01. The van der Waals surface area contributed by atoms with Gasteiger partial charge in [-0.05, 0) is 12.1 Å². The molecule has 0 saturated carbocycles. The zero-order valence-electron chi connectivity index (χ0n) is 7.51. The molecule has 1 heterocycles. The molecule has 0 fully saturated rings. The van der Waals surface area contributed by atoms with E-state index in [4.69, 9.17) is 5.11 Å².